The number of pyridine rings is 1. The van der Waals surface area contributed by atoms with E-state index in [4.69, 9.17) is 21.3 Å². The first-order chi connectivity index (χ1) is 17.9. The summed E-state index contributed by atoms with van der Waals surface area (Å²) >= 11 is 6.50. The number of imidazole rings is 1. The van der Waals surface area contributed by atoms with Gasteiger partial charge in [-0.1, -0.05) is 43.6 Å². The van der Waals surface area contributed by atoms with Crippen LogP contribution in [0, 0.1) is 5.92 Å². The lowest BCUT2D eigenvalue weighted by atomic mass is 10.1. The summed E-state index contributed by atoms with van der Waals surface area (Å²) in [6.07, 6.45) is 1.17. The van der Waals surface area contributed by atoms with Crippen molar-refractivity contribution in [2.45, 2.75) is 65.6 Å². The average molecular weight is 542 g/mol. The van der Waals surface area contributed by atoms with Gasteiger partial charge in [-0.2, -0.15) is 0 Å². The summed E-state index contributed by atoms with van der Waals surface area (Å²) in [5.41, 5.74) is 1.16. The van der Waals surface area contributed by atoms with Crippen LogP contribution in [-0.2, 0) is 18.3 Å². The summed E-state index contributed by atoms with van der Waals surface area (Å²) < 4.78 is 8.73. The summed E-state index contributed by atoms with van der Waals surface area (Å²) in [4.78, 5) is 45.9. The van der Waals surface area contributed by atoms with Crippen molar-refractivity contribution in [2.75, 3.05) is 18.0 Å². The number of aromatic nitrogens is 3. The van der Waals surface area contributed by atoms with E-state index in [-0.39, 0.29) is 23.3 Å². The molecule has 1 N–H and O–H groups in total. The van der Waals surface area contributed by atoms with Gasteiger partial charge in [0.1, 0.15) is 11.1 Å². The van der Waals surface area contributed by atoms with Gasteiger partial charge < -0.3 is 24.1 Å². The Hall–Kier alpha value is -3.33. The van der Waals surface area contributed by atoms with Gasteiger partial charge in [0.2, 0.25) is 5.95 Å². The van der Waals surface area contributed by atoms with Crippen LogP contribution in [0.5, 0.6) is 0 Å². The zero-order valence-electron chi connectivity index (χ0n) is 22.9. The predicted molar refractivity (Wildman–Crippen MR) is 149 cm³/mol. The fourth-order valence-corrected chi connectivity index (χ4v) is 4.95. The summed E-state index contributed by atoms with van der Waals surface area (Å²) in [5, 5.41) is 3.56. The van der Waals surface area contributed by atoms with E-state index in [1.54, 1.807) is 13.1 Å². The number of hydrogen-bond donors (Lipinski definition) is 1. The maximum Gasteiger partial charge on any atom is 0.407 e. The molecule has 0 bridgehead atoms. The SMILES string of the molecule is CC(C)C(=O)c1cc2nc(N3CCC[C@@H](NC(=O)OC(C)(C)C)C3)n(Cc3ccccc3Cl)c2c(=O)n1C. The van der Waals surface area contributed by atoms with Gasteiger partial charge in [-0.25, -0.2) is 9.78 Å². The minimum Gasteiger partial charge on any atom is -0.444 e. The molecule has 0 aliphatic carbocycles. The number of anilines is 1. The Labute approximate surface area is 227 Å². The number of nitrogens with one attached hydrogen (secondary N) is 1. The lowest BCUT2D eigenvalue weighted by Gasteiger charge is -2.34. The number of piperidine rings is 1. The largest absolute Gasteiger partial charge is 0.444 e. The molecule has 9 nitrogen and oxygen atoms in total. The highest BCUT2D eigenvalue weighted by molar-refractivity contribution is 6.31. The molecule has 0 radical (unpaired) electrons. The van der Waals surface area contributed by atoms with Crippen molar-refractivity contribution in [3.63, 3.8) is 0 Å². The van der Waals surface area contributed by atoms with E-state index in [0.29, 0.717) is 47.3 Å². The number of carbonyl (C=O) groups is 2. The van der Waals surface area contributed by atoms with E-state index in [0.717, 1.165) is 18.4 Å². The van der Waals surface area contributed by atoms with Crippen LogP contribution >= 0.6 is 11.6 Å². The van der Waals surface area contributed by atoms with Crippen LogP contribution in [0.4, 0.5) is 10.7 Å². The highest BCUT2D eigenvalue weighted by Gasteiger charge is 2.29. The van der Waals surface area contributed by atoms with Gasteiger partial charge in [0.15, 0.2) is 5.78 Å². The van der Waals surface area contributed by atoms with Crippen molar-refractivity contribution >= 4 is 40.5 Å². The van der Waals surface area contributed by atoms with Crippen LogP contribution in [-0.4, -0.2) is 50.7 Å². The van der Waals surface area contributed by atoms with Gasteiger partial charge >= 0.3 is 6.09 Å². The van der Waals surface area contributed by atoms with Crippen molar-refractivity contribution in [3.8, 4) is 0 Å². The minimum absolute atomic E-state index is 0.117. The highest BCUT2D eigenvalue weighted by atomic mass is 35.5. The quantitative estimate of drug-likeness (QED) is 0.451. The Bertz CT molecular complexity index is 1420. The van der Waals surface area contributed by atoms with Crippen LogP contribution in [0.2, 0.25) is 5.02 Å². The molecular weight excluding hydrogens is 506 g/mol. The molecule has 1 atom stereocenters. The third-order valence-corrected chi connectivity index (χ3v) is 6.97. The number of halogens is 1. The number of alkyl carbamates (subject to hydrolysis) is 1. The molecule has 204 valence electrons. The zero-order valence-corrected chi connectivity index (χ0v) is 23.6. The first-order valence-corrected chi connectivity index (χ1v) is 13.4. The van der Waals surface area contributed by atoms with Crippen LogP contribution in [0.3, 0.4) is 0 Å². The molecule has 1 amide bonds. The number of amides is 1. The Kier molecular flexibility index (Phi) is 7.88. The van der Waals surface area contributed by atoms with E-state index in [1.807, 2.05) is 63.5 Å². The molecule has 0 saturated carbocycles. The lowest BCUT2D eigenvalue weighted by Crippen LogP contribution is -2.49. The van der Waals surface area contributed by atoms with Gasteiger partial charge in [-0.3, -0.25) is 9.59 Å². The van der Waals surface area contributed by atoms with E-state index in [9.17, 15) is 14.4 Å². The topological polar surface area (TPSA) is 98.5 Å². The van der Waals surface area contributed by atoms with Crippen LogP contribution < -0.4 is 15.8 Å². The Morgan fingerprint density at radius 1 is 1.24 bits per heavy atom. The number of hydrogen-bond acceptors (Lipinski definition) is 6. The highest BCUT2D eigenvalue weighted by Crippen LogP contribution is 2.28. The molecule has 0 spiro atoms. The van der Waals surface area contributed by atoms with Gasteiger partial charge in [0.25, 0.3) is 5.56 Å². The third-order valence-electron chi connectivity index (χ3n) is 6.60. The monoisotopic (exact) mass is 541 g/mol. The molecule has 10 heteroatoms. The number of nitrogens with zero attached hydrogens (tertiary/aromatic N) is 4. The lowest BCUT2D eigenvalue weighted by molar-refractivity contribution is 0.0499. The molecule has 3 aromatic rings. The third kappa shape index (κ3) is 5.88. The summed E-state index contributed by atoms with van der Waals surface area (Å²) in [6.45, 7) is 10.6. The van der Waals surface area contributed by atoms with Gasteiger partial charge in [-0.05, 0) is 51.3 Å². The van der Waals surface area contributed by atoms with Crippen molar-refractivity contribution in [1.82, 2.24) is 19.4 Å². The first-order valence-electron chi connectivity index (χ1n) is 13.0. The normalized spacial score (nSPS) is 16.2. The Morgan fingerprint density at radius 3 is 2.61 bits per heavy atom. The summed E-state index contributed by atoms with van der Waals surface area (Å²) in [6, 6.07) is 9.05. The summed E-state index contributed by atoms with van der Waals surface area (Å²) in [5.74, 6) is 0.222. The molecule has 1 aromatic carbocycles. The fourth-order valence-electron chi connectivity index (χ4n) is 4.75. The maximum absolute atomic E-state index is 13.6. The van der Waals surface area contributed by atoms with Crippen molar-refractivity contribution < 1.29 is 14.3 Å². The second-order valence-electron chi connectivity index (χ2n) is 11.2. The number of benzene rings is 1. The number of carbonyl (C=O) groups excluding carboxylic acids is 2. The number of Topliss-reactive ketones (excluding diaryl/α,β-unsaturated/α-hetero) is 1. The standard InChI is InChI=1S/C28H36ClN5O4/c1-17(2)24(35)22-14-21-23(25(36)32(22)6)34(15-18-10-7-8-12-20(18)29)26(31-21)33-13-9-11-19(16-33)30-27(37)38-28(3,4)5/h7-8,10,12,14,17,19H,9,11,13,15-16H2,1-6H3,(H,30,37)/t19-/m1/s1. The number of rotatable bonds is 6. The average Bonchev–Trinajstić information content (AvgIpc) is 3.19. The molecule has 1 aliphatic rings. The fraction of sp³-hybridized carbons (Fsp3) is 0.500. The Balaban J connectivity index is 1.78. The molecule has 3 heterocycles. The molecule has 1 fully saturated rings. The Morgan fingerprint density at radius 2 is 1.95 bits per heavy atom. The van der Waals surface area contributed by atoms with Gasteiger partial charge in [-0.15, -0.1) is 0 Å². The molecule has 38 heavy (non-hydrogen) atoms. The minimum atomic E-state index is -0.591. The smallest absolute Gasteiger partial charge is 0.407 e. The van der Waals surface area contributed by atoms with E-state index in [2.05, 4.69) is 10.2 Å². The van der Waals surface area contributed by atoms with Crippen LogP contribution in [0.1, 0.15) is 63.5 Å². The van der Waals surface area contributed by atoms with E-state index < -0.39 is 11.7 Å². The molecule has 0 unspecified atom stereocenters. The van der Waals surface area contributed by atoms with Crippen molar-refractivity contribution in [2.24, 2.45) is 13.0 Å². The number of ether oxygens (including phenoxy) is 1. The van der Waals surface area contributed by atoms with Crippen LogP contribution in [0.15, 0.2) is 35.1 Å². The second-order valence-corrected chi connectivity index (χ2v) is 11.6. The van der Waals surface area contributed by atoms with Crippen molar-refractivity contribution in [3.05, 3.63) is 57.0 Å². The number of ketones is 1. The molecular formula is C28H36ClN5O4. The van der Waals surface area contributed by atoms with E-state index in [1.165, 1.54) is 4.57 Å². The molecule has 2 aromatic heterocycles. The van der Waals surface area contributed by atoms with Crippen LogP contribution in [0.25, 0.3) is 11.0 Å². The molecule has 4 rings (SSSR count). The van der Waals surface area contributed by atoms with Gasteiger partial charge in [0.05, 0.1) is 17.8 Å². The second kappa shape index (κ2) is 10.8. The molecule has 1 saturated heterocycles. The predicted octanol–water partition coefficient (Wildman–Crippen LogP) is 4.77. The zero-order chi connectivity index (χ0) is 27.8. The van der Waals surface area contributed by atoms with Crippen molar-refractivity contribution in [1.29, 1.82) is 0 Å². The number of fused-ring (bicyclic) bond motifs is 1. The molecule has 1 aliphatic heterocycles. The summed E-state index contributed by atoms with van der Waals surface area (Å²) in [7, 11) is 1.62. The van der Waals surface area contributed by atoms with E-state index >= 15 is 0 Å². The maximum atomic E-state index is 13.6. The first kappa shape index (κ1) is 27.7. The van der Waals surface area contributed by atoms with Gasteiger partial charge in [0, 0.05) is 37.1 Å².